The molecule has 0 aliphatic heterocycles. The molecule has 1 amide bonds. The molecule has 132 valence electrons. The number of rotatable bonds is 7. The second-order valence-corrected chi connectivity index (χ2v) is 6.30. The SMILES string of the molecule is Cc1ccc(NC(=O)C(c2ccccc2)N(C)CCC(=O)O)cc1Cl. The molecular weight excluding hydrogens is 340 g/mol. The minimum Gasteiger partial charge on any atom is -0.481 e. The standard InChI is InChI=1S/C19H21ClN2O3/c1-13-8-9-15(12-16(13)20)21-19(25)18(14-6-4-3-5-7-14)22(2)11-10-17(23)24/h3-9,12,18H,10-11H2,1-2H3,(H,21,25)(H,23,24). The van der Waals surface area contributed by atoms with Gasteiger partial charge in [-0.2, -0.15) is 0 Å². The van der Waals surface area contributed by atoms with Crippen LogP contribution in [0, 0.1) is 6.92 Å². The molecule has 2 N–H and O–H groups in total. The van der Waals surface area contributed by atoms with Gasteiger partial charge in [-0.3, -0.25) is 14.5 Å². The number of hydrogen-bond acceptors (Lipinski definition) is 3. The first-order valence-electron chi connectivity index (χ1n) is 7.92. The Kier molecular flexibility index (Phi) is 6.56. The smallest absolute Gasteiger partial charge is 0.304 e. The lowest BCUT2D eigenvalue weighted by molar-refractivity contribution is -0.138. The predicted molar refractivity (Wildman–Crippen MR) is 98.9 cm³/mol. The summed E-state index contributed by atoms with van der Waals surface area (Å²) in [5, 5.41) is 12.3. The van der Waals surface area contributed by atoms with Crippen LogP contribution in [-0.2, 0) is 9.59 Å². The van der Waals surface area contributed by atoms with Gasteiger partial charge in [0.05, 0.1) is 6.42 Å². The summed E-state index contributed by atoms with van der Waals surface area (Å²) in [6, 6.07) is 14.0. The van der Waals surface area contributed by atoms with E-state index in [2.05, 4.69) is 5.32 Å². The number of carbonyl (C=O) groups excluding carboxylic acids is 1. The minimum atomic E-state index is -0.899. The van der Waals surface area contributed by atoms with Crippen molar-refractivity contribution in [2.75, 3.05) is 18.9 Å². The van der Waals surface area contributed by atoms with E-state index in [4.69, 9.17) is 16.7 Å². The van der Waals surface area contributed by atoms with Gasteiger partial charge in [-0.05, 0) is 37.2 Å². The molecule has 0 saturated carbocycles. The van der Waals surface area contributed by atoms with Gasteiger partial charge in [0.15, 0.2) is 0 Å². The molecule has 0 aliphatic carbocycles. The van der Waals surface area contributed by atoms with Crippen LogP contribution in [0.2, 0.25) is 5.02 Å². The molecule has 25 heavy (non-hydrogen) atoms. The number of carboxylic acids is 1. The van der Waals surface area contributed by atoms with E-state index >= 15 is 0 Å². The Bertz CT molecular complexity index is 750. The van der Waals surface area contributed by atoms with Crippen LogP contribution in [-0.4, -0.2) is 35.5 Å². The van der Waals surface area contributed by atoms with E-state index in [1.165, 1.54) is 0 Å². The Labute approximate surface area is 152 Å². The molecule has 0 bridgehead atoms. The number of aryl methyl sites for hydroxylation is 1. The largest absolute Gasteiger partial charge is 0.481 e. The Morgan fingerprint density at radius 2 is 1.88 bits per heavy atom. The van der Waals surface area contributed by atoms with Crippen LogP contribution in [0.15, 0.2) is 48.5 Å². The lowest BCUT2D eigenvalue weighted by Gasteiger charge is -2.27. The second-order valence-electron chi connectivity index (χ2n) is 5.89. The van der Waals surface area contributed by atoms with Gasteiger partial charge in [0.25, 0.3) is 0 Å². The molecule has 0 saturated heterocycles. The molecule has 1 unspecified atom stereocenters. The van der Waals surface area contributed by atoms with Gasteiger partial charge in [-0.25, -0.2) is 0 Å². The van der Waals surface area contributed by atoms with E-state index in [1.807, 2.05) is 43.3 Å². The van der Waals surface area contributed by atoms with Crippen molar-refractivity contribution >= 4 is 29.2 Å². The summed E-state index contributed by atoms with van der Waals surface area (Å²) < 4.78 is 0. The Morgan fingerprint density at radius 3 is 2.48 bits per heavy atom. The van der Waals surface area contributed by atoms with Crippen LogP contribution >= 0.6 is 11.6 Å². The average Bonchev–Trinajstić information content (AvgIpc) is 2.57. The van der Waals surface area contributed by atoms with E-state index in [0.717, 1.165) is 11.1 Å². The summed E-state index contributed by atoms with van der Waals surface area (Å²) in [5.74, 6) is -1.14. The number of carboxylic acid groups (broad SMARTS) is 1. The maximum Gasteiger partial charge on any atom is 0.304 e. The third kappa shape index (κ3) is 5.31. The van der Waals surface area contributed by atoms with Crippen LogP contribution < -0.4 is 5.32 Å². The minimum absolute atomic E-state index is 0.0382. The quantitative estimate of drug-likeness (QED) is 0.789. The van der Waals surface area contributed by atoms with Crippen LogP contribution in [0.5, 0.6) is 0 Å². The number of halogens is 1. The number of hydrogen-bond donors (Lipinski definition) is 2. The van der Waals surface area contributed by atoms with E-state index in [-0.39, 0.29) is 18.9 Å². The number of aliphatic carboxylic acids is 1. The Hall–Kier alpha value is -2.37. The van der Waals surface area contributed by atoms with Gasteiger partial charge < -0.3 is 10.4 Å². The summed E-state index contributed by atoms with van der Waals surface area (Å²) in [5.41, 5.74) is 2.33. The third-order valence-electron chi connectivity index (χ3n) is 3.92. The highest BCUT2D eigenvalue weighted by molar-refractivity contribution is 6.31. The number of nitrogens with one attached hydrogen (secondary N) is 1. The van der Waals surface area contributed by atoms with Gasteiger partial charge in [0.1, 0.15) is 6.04 Å². The van der Waals surface area contributed by atoms with Crippen molar-refractivity contribution in [3.05, 3.63) is 64.7 Å². The molecule has 0 aliphatic rings. The predicted octanol–water partition coefficient (Wildman–Crippen LogP) is 3.73. The van der Waals surface area contributed by atoms with Crippen molar-refractivity contribution in [1.82, 2.24) is 4.90 Å². The number of anilines is 1. The van der Waals surface area contributed by atoms with E-state index < -0.39 is 12.0 Å². The molecule has 5 nitrogen and oxygen atoms in total. The summed E-state index contributed by atoms with van der Waals surface area (Å²) in [6.45, 7) is 2.15. The first kappa shape index (κ1) is 19.0. The molecule has 2 rings (SSSR count). The van der Waals surface area contributed by atoms with Crippen molar-refractivity contribution in [3.63, 3.8) is 0 Å². The number of amides is 1. The van der Waals surface area contributed by atoms with Crippen molar-refractivity contribution in [2.45, 2.75) is 19.4 Å². The van der Waals surface area contributed by atoms with Crippen LogP contribution in [0.1, 0.15) is 23.6 Å². The molecule has 2 aromatic carbocycles. The zero-order valence-corrected chi connectivity index (χ0v) is 15.0. The Morgan fingerprint density at radius 1 is 1.20 bits per heavy atom. The second kappa shape index (κ2) is 8.65. The fraction of sp³-hybridized carbons (Fsp3) is 0.263. The maximum absolute atomic E-state index is 12.9. The van der Waals surface area contributed by atoms with Crippen molar-refractivity contribution in [2.24, 2.45) is 0 Å². The normalized spacial score (nSPS) is 12.0. The molecule has 0 fully saturated rings. The summed E-state index contributed by atoms with van der Waals surface area (Å²) in [7, 11) is 1.74. The fourth-order valence-electron chi connectivity index (χ4n) is 2.52. The molecule has 0 spiro atoms. The molecule has 0 aromatic heterocycles. The molecule has 1 atom stereocenters. The lowest BCUT2D eigenvalue weighted by atomic mass is 10.0. The molecular formula is C19H21ClN2O3. The van der Waals surface area contributed by atoms with Crippen molar-refractivity contribution in [1.29, 1.82) is 0 Å². The first-order valence-corrected chi connectivity index (χ1v) is 8.30. The van der Waals surface area contributed by atoms with Crippen LogP contribution in [0.3, 0.4) is 0 Å². The molecule has 2 aromatic rings. The summed E-state index contributed by atoms with van der Waals surface area (Å²) >= 11 is 6.11. The van der Waals surface area contributed by atoms with Gasteiger partial charge in [0.2, 0.25) is 5.91 Å². The molecule has 6 heteroatoms. The molecule has 0 radical (unpaired) electrons. The maximum atomic E-state index is 12.9. The number of nitrogens with zero attached hydrogens (tertiary/aromatic N) is 1. The summed E-state index contributed by atoms with van der Waals surface area (Å²) in [6.07, 6.45) is -0.0382. The van der Waals surface area contributed by atoms with Gasteiger partial charge in [-0.15, -0.1) is 0 Å². The zero-order valence-electron chi connectivity index (χ0n) is 14.2. The van der Waals surface area contributed by atoms with Gasteiger partial charge in [0, 0.05) is 17.3 Å². The average molecular weight is 361 g/mol. The van der Waals surface area contributed by atoms with Gasteiger partial charge in [-0.1, -0.05) is 48.0 Å². The number of carbonyl (C=O) groups is 2. The number of benzene rings is 2. The number of likely N-dealkylation sites (N-methyl/N-ethyl adjacent to an activating group) is 1. The highest BCUT2D eigenvalue weighted by Crippen LogP contribution is 2.24. The first-order chi connectivity index (χ1) is 11.9. The van der Waals surface area contributed by atoms with Crippen LogP contribution in [0.4, 0.5) is 5.69 Å². The third-order valence-corrected chi connectivity index (χ3v) is 4.33. The van der Waals surface area contributed by atoms with E-state index in [1.54, 1.807) is 24.1 Å². The topological polar surface area (TPSA) is 69.6 Å². The zero-order chi connectivity index (χ0) is 18.4. The van der Waals surface area contributed by atoms with Crippen molar-refractivity contribution in [3.8, 4) is 0 Å². The fourth-order valence-corrected chi connectivity index (χ4v) is 2.70. The highest BCUT2D eigenvalue weighted by atomic mass is 35.5. The van der Waals surface area contributed by atoms with E-state index in [0.29, 0.717) is 10.7 Å². The van der Waals surface area contributed by atoms with Crippen LogP contribution in [0.25, 0.3) is 0 Å². The Balaban J connectivity index is 2.22. The monoisotopic (exact) mass is 360 g/mol. The summed E-state index contributed by atoms with van der Waals surface area (Å²) in [4.78, 5) is 25.4. The lowest BCUT2D eigenvalue weighted by Crippen LogP contribution is -2.36. The highest BCUT2D eigenvalue weighted by Gasteiger charge is 2.25. The van der Waals surface area contributed by atoms with Crippen molar-refractivity contribution < 1.29 is 14.7 Å². The van der Waals surface area contributed by atoms with E-state index in [9.17, 15) is 9.59 Å². The molecule has 0 heterocycles. The van der Waals surface area contributed by atoms with Gasteiger partial charge >= 0.3 is 5.97 Å².